The Kier molecular flexibility index (Phi) is 5.44. The van der Waals surface area contributed by atoms with Crippen molar-refractivity contribution in [1.29, 1.82) is 0 Å². The Morgan fingerprint density at radius 1 is 1.06 bits per heavy atom. The minimum absolute atomic E-state index is 0.0768. The first-order valence-corrected chi connectivity index (χ1v) is 11.3. The number of hydrogen-bond acceptors (Lipinski definition) is 3. The largest absolute Gasteiger partial charge is 0.493 e. The lowest BCUT2D eigenvalue weighted by molar-refractivity contribution is -0.131. The normalized spacial score (nSPS) is 17.2. The van der Waals surface area contributed by atoms with E-state index in [0.29, 0.717) is 17.9 Å². The molecular weight excluding hydrogens is 400 g/mol. The van der Waals surface area contributed by atoms with Gasteiger partial charge in [0.1, 0.15) is 17.1 Å². The number of hydrogen-bond donors (Lipinski definition) is 1. The van der Waals surface area contributed by atoms with Crippen molar-refractivity contribution < 1.29 is 19.1 Å². The second-order valence-electron chi connectivity index (χ2n) is 10.1. The van der Waals surface area contributed by atoms with Gasteiger partial charge >= 0.3 is 5.97 Å². The highest BCUT2D eigenvalue weighted by atomic mass is 16.5. The molecular formula is C28H32O4. The van der Waals surface area contributed by atoms with Gasteiger partial charge in [0.25, 0.3) is 0 Å². The van der Waals surface area contributed by atoms with Crippen LogP contribution >= 0.6 is 0 Å². The van der Waals surface area contributed by atoms with Crippen LogP contribution in [0.3, 0.4) is 0 Å². The molecule has 0 atom stereocenters. The number of furan rings is 1. The molecule has 1 heterocycles. The van der Waals surface area contributed by atoms with Gasteiger partial charge in [-0.2, -0.15) is 0 Å². The lowest BCUT2D eigenvalue weighted by Gasteiger charge is -2.42. The van der Waals surface area contributed by atoms with Crippen LogP contribution in [0, 0.1) is 0 Å². The van der Waals surface area contributed by atoms with E-state index >= 15 is 0 Å². The smallest absolute Gasteiger partial charge is 0.328 e. The van der Waals surface area contributed by atoms with Gasteiger partial charge in [-0.05, 0) is 72.4 Å². The van der Waals surface area contributed by atoms with Gasteiger partial charge in [0.05, 0.1) is 6.61 Å². The first kappa shape index (κ1) is 22.2. The maximum absolute atomic E-state index is 11.1. The maximum Gasteiger partial charge on any atom is 0.328 e. The number of benzene rings is 2. The van der Waals surface area contributed by atoms with Crippen LogP contribution in [0.2, 0.25) is 0 Å². The van der Waals surface area contributed by atoms with Crippen LogP contribution in [0.5, 0.6) is 5.75 Å². The molecule has 1 aromatic heterocycles. The molecule has 4 rings (SSSR count). The highest BCUT2D eigenvalue weighted by Crippen LogP contribution is 2.50. The fraction of sp³-hybridized carbons (Fsp3) is 0.393. The molecule has 0 amide bonds. The number of carboxylic acids is 1. The number of rotatable bonds is 5. The molecule has 0 spiro atoms. The molecule has 0 saturated heterocycles. The lowest BCUT2D eigenvalue weighted by atomic mass is 9.62. The van der Waals surface area contributed by atoms with Crippen molar-refractivity contribution in [3.05, 3.63) is 59.4 Å². The zero-order valence-electron chi connectivity index (χ0n) is 19.8. The van der Waals surface area contributed by atoms with E-state index in [0.717, 1.165) is 40.7 Å². The van der Waals surface area contributed by atoms with Crippen molar-refractivity contribution in [1.82, 2.24) is 0 Å². The molecule has 0 unspecified atom stereocenters. The van der Waals surface area contributed by atoms with Crippen LogP contribution in [-0.4, -0.2) is 17.7 Å². The summed E-state index contributed by atoms with van der Waals surface area (Å²) in [6.07, 6.45) is 3.45. The maximum atomic E-state index is 11.1. The third-order valence-electron chi connectivity index (χ3n) is 6.82. The number of allylic oxidation sites excluding steroid dienone is 1. The summed E-state index contributed by atoms with van der Waals surface area (Å²) < 4.78 is 12.3. The van der Waals surface area contributed by atoms with Gasteiger partial charge in [-0.3, -0.25) is 0 Å². The second-order valence-corrected chi connectivity index (χ2v) is 10.1. The Morgan fingerprint density at radius 2 is 1.72 bits per heavy atom. The second kappa shape index (κ2) is 7.84. The van der Waals surface area contributed by atoms with Gasteiger partial charge in [-0.15, -0.1) is 0 Å². The Hall–Kier alpha value is -3.01. The highest BCUT2D eigenvalue weighted by Gasteiger charge is 2.38. The van der Waals surface area contributed by atoms with E-state index in [1.165, 1.54) is 17.2 Å². The van der Waals surface area contributed by atoms with Crippen molar-refractivity contribution in [2.75, 3.05) is 6.61 Å². The molecule has 3 aromatic rings. The average molecular weight is 433 g/mol. The van der Waals surface area contributed by atoms with Crippen LogP contribution in [-0.2, 0) is 15.6 Å². The Bertz CT molecular complexity index is 1220. The summed E-state index contributed by atoms with van der Waals surface area (Å²) in [6, 6.07) is 12.5. The van der Waals surface area contributed by atoms with Crippen molar-refractivity contribution in [3.63, 3.8) is 0 Å². The van der Waals surface area contributed by atoms with Crippen LogP contribution < -0.4 is 4.74 Å². The highest BCUT2D eigenvalue weighted by molar-refractivity contribution is 5.97. The van der Waals surface area contributed by atoms with Crippen LogP contribution in [0.1, 0.15) is 71.3 Å². The molecule has 1 aliphatic rings. The Morgan fingerprint density at radius 3 is 2.34 bits per heavy atom. The zero-order chi connectivity index (χ0) is 23.3. The molecule has 32 heavy (non-hydrogen) atoms. The van der Waals surface area contributed by atoms with Crippen molar-refractivity contribution >= 4 is 22.5 Å². The molecule has 4 heteroatoms. The van der Waals surface area contributed by atoms with E-state index in [2.05, 4.69) is 45.9 Å². The van der Waals surface area contributed by atoms with Crippen LogP contribution in [0.15, 0.2) is 46.9 Å². The molecule has 2 aromatic carbocycles. The minimum Gasteiger partial charge on any atom is -0.493 e. The van der Waals surface area contributed by atoms with E-state index in [9.17, 15) is 4.79 Å². The summed E-state index contributed by atoms with van der Waals surface area (Å²) in [6.45, 7) is 13.6. The first-order chi connectivity index (χ1) is 15.0. The summed E-state index contributed by atoms with van der Waals surface area (Å²) in [4.78, 5) is 11.1. The number of para-hydroxylation sites is 1. The monoisotopic (exact) mass is 432 g/mol. The zero-order valence-corrected chi connectivity index (χ0v) is 19.8. The van der Waals surface area contributed by atoms with Gasteiger partial charge in [-0.25, -0.2) is 4.79 Å². The molecule has 0 radical (unpaired) electrons. The van der Waals surface area contributed by atoms with E-state index in [-0.39, 0.29) is 10.8 Å². The fourth-order valence-electron chi connectivity index (χ4n) is 4.81. The Balaban J connectivity index is 1.97. The molecule has 0 bridgehead atoms. The standard InChI is InChI=1S/C28H32O4/c1-7-31-24-16-22-21(27(3,4)11-12-28(22,5)6)15-20(24)19-10-8-9-18-14-23(32-26(18)19)17(2)13-25(29)30/h8-10,13-16H,7,11-12H2,1-6H3,(H,29,30). The van der Waals surface area contributed by atoms with Gasteiger partial charge in [0.15, 0.2) is 0 Å². The van der Waals surface area contributed by atoms with Crippen molar-refractivity contribution in [2.45, 2.75) is 65.2 Å². The van der Waals surface area contributed by atoms with Gasteiger partial charge in [0.2, 0.25) is 0 Å². The van der Waals surface area contributed by atoms with Gasteiger partial charge in [-0.1, -0.05) is 45.9 Å². The molecule has 0 saturated carbocycles. The van der Waals surface area contributed by atoms with Crippen LogP contribution in [0.25, 0.3) is 27.7 Å². The average Bonchev–Trinajstić information content (AvgIpc) is 3.16. The van der Waals surface area contributed by atoms with Gasteiger partial charge in [0, 0.05) is 22.6 Å². The summed E-state index contributed by atoms with van der Waals surface area (Å²) in [7, 11) is 0. The summed E-state index contributed by atoms with van der Waals surface area (Å²) in [5.74, 6) is 0.439. The number of ether oxygens (including phenoxy) is 1. The number of carbonyl (C=O) groups is 1. The van der Waals surface area contributed by atoms with E-state index in [4.69, 9.17) is 14.3 Å². The molecule has 168 valence electrons. The molecule has 1 aliphatic carbocycles. The number of aliphatic carboxylic acids is 1. The van der Waals surface area contributed by atoms with E-state index in [1.807, 2.05) is 25.1 Å². The third-order valence-corrected chi connectivity index (χ3v) is 6.82. The summed E-state index contributed by atoms with van der Waals surface area (Å²) >= 11 is 0. The summed E-state index contributed by atoms with van der Waals surface area (Å²) in [5, 5.41) is 10.1. The predicted octanol–water partition coefficient (Wildman–Crippen LogP) is 7.34. The minimum atomic E-state index is -0.985. The number of fused-ring (bicyclic) bond motifs is 2. The number of carboxylic acid groups (broad SMARTS) is 1. The van der Waals surface area contributed by atoms with Crippen molar-refractivity contribution in [2.24, 2.45) is 0 Å². The van der Waals surface area contributed by atoms with Crippen molar-refractivity contribution in [3.8, 4) is 16.9 Å². The molecule has 1 N–H and O–H groups in total. The molecule has 4 nitrogen and oxygen atoms in total. The topological polar surface area (TPSA) is 59.7 Å². The van der Waals surface area contributed by atoms with Gasteiger partial charge < -0.3 is 14.3 Å². The quantitative estimate of drug-likeness (QED) is 0.429. The van der Waals surface area contributed by atoms with E-state index < -0.39 is 5.97 Å². The Labute approximate surface area is 189 Å². The first-order valence-electron chi connectivity index (χ1n) is 11.3. The molecule has 0 aliphatic heterocycles. The SMILES string of the molecule is CCOc1cc2c(cc1-c1cccc3cc(C(C)=CC(=O)O)oc13)C(C)(C)CCC2(C)C. The lowest BCUT2D eigenvalue weighted by Crippen LogP contribution is -2.33. The summed E-state index contributed by atoms with van der Waals surface area (Å²) in [5.41, 5.74) is 6.19. The van der Waals surface area contributed by atoms with E-state index in [1.54, 1.807) is 6.92 Å². The fourth-order valence-corrected chi connectivity index (χ4v) is 4.81. The molecule has 0 fully saturated rings. The van der Waals surface area contributed by atoms with Crippen LogP contribution in [0.4, 0.5) is 0 Å². The third kappa shape index (κ3) is 3.83. The predicted molar refractivity (Wildman–Crippen MR) is 129 cm³/mol.